The molecule has 1 saturated carbocycles. The summed E-state index contributed by atoms with van der Waals surface area (Å²) in [4.78, 5) is 0. The minimum absolute atomic E-state index is 0.351. The lowest BCUT2D eigenvalue weighted by Crippen LogP contribution is -2.28. The molecule has 5 heteroatoms. The molecule has 0 spiro atoms. The molecule has 0 aliphatic heterocycles. The third kappa shape index (κ3) is 1.48. The summed E-state index contributed by atoms with van der Waals surface area (Å²) in [6, 6.07) is -0.351. The Bertz CT molecular complexity index is 247. The Kier molecular flexibility index (Phi) is 2.08. The van der Waals surface area contributed by atoms with E-state index in [4.69, 9.17) is 5.73 Å². The Balaban J connectivity index is 2.03. The van der Waals surface area contributed by atoms with Gasteiger partial charge in [0.2, 0.25) is 0 Å². The molecule has 0 radical (unpaired) electrons. The highest BCUT2D eigenvalue weighted by molar-refractivity contribution is 6.99. The van der Waals surface area contributed by atoms with Crippen LogP contribution in [0.3, 0.4) is 0 Å². The summed E-state index contributed by atoms with van der Waals surface area (Å²) in [6.07, 6.45) is 3.37. The predicted octanol–water partition coefficient (Wildman–Crippen LogP) is 0.309. The zero-order valence-electron chi connectivity index (χ0n) is 6.55. The average molecular weight is 185 g/mol. The highest BCUT2D eigenvalue weighted by atomic mass is 32.1. The molecule has 1 aromatic heterocycles. The number of nitrogens with zero attached hydrogens (tertiary/aromatic N) is 2. The van der Waals surface area contributed by atoms with Gasteiger partial charge in [0, 0.05) is 0 Å². The monoisotopic (exact) mass is 185 g/mol. The first kappa shape index (κ1) is 8.10. The SMILES string of the molecule is NC(c1cnsn1)C(O)C1CC1. The van der Waals surface area contributed by atoms with Gasteiger partial charge in [0.15, 0.2) is 0 Å². The third-order valence-corrected chi connectivity index (χ3v) is 2.68. The Morgan fingerprint density at radius 2 is 2.42 bits per heavy atom. The van der Waals surface area contributed by atoms with Gasteiger partial charge in [0.05, 0.1) is 35.8 Å². The van der Waals surface area contributed by atoms with Gasteiger partial charge in [-0.2, -0.15) is 8.75 Å². The van der Waals surface area contributed by atoms with E-state index in [1.165, 1.54) is 0 Å². The Hall–Kier alpha value is -0.520. The summed E-state index contributed by atoms with van der Waals surface area (Å²) in [5.74, 6) is 0.390. The summed E-state index contributed by atoms with van der Waals surface area (Å²) in [7, 11) is 0. The van der Waals surface area contributed by atoms with Crippen LogP contribution in [0.1, 0.15) is 24.6 Å². The standard InChI is InChI=1S/C7H11N3OS/c8-6(5-3-9-12-10-5)7(11)4-1-2-4/h3-4,6-7,11H,1-2,8H2. The van der Waals surface area contributed by atoms with Gasteiger partial charge in [-0.3, -0.25) is 0 Å². The summed E-state index contributed by atoms with van der Waals surface area (Å²) in [5.41, 5.74) is 6.49. The fourth-order valence-electron chi connectivity index (χ4n) is 1.22. The molecule has 4 nitrogen and oxygen atoms in total. The minimum Gasteiger partial charge on any atom is -0.391 e. The van der Waals surface area contributed by atoms with Crippen LogP contribution >= 0.6 is 11.7 Å². The molecule has 0 saturated heterocycles. The second-order valence-electron chi connectivity index (χ2n) is 3.19. The van der Waals surface area contributed by atoms with Crippen molar-refractivity contribution < 1.29 is 5.11 Å². The molecule has 0 aromatic carbocycles. The molecule has 1 heterocycles. The first-order valence-electron chi connectivity index (χ1n) is 4.00. The molecular weight excluding hydrogens is 174 g/mol. The molecule has 12 heavy (non-hydrogen) atoms. The smallest absolute Gasteiger partial charge is 0.0936 e. The van der Waals surface area contributed by atoms with E-state index in [1.807, 2.05) is 0 Å². The molecule has 2 rings (SSSR count). The van der Waals surface area contributed by atoms with Crippen LogP contribution in [-0.4, -0.2) is 20.0 Å². The number of aromatic nitrogens is 2. The van der Waals surface area contributed by atoms with Gasteiger partial charge >= 0.3 is 0 Å². The molecule has 1 aliphatic carbocycles. The number of rotatable bonds is 3. The minimum atomic E-state index is -0.436. The fourth-order valence-corrected chi connectivity index (χ4v) is 1.69. The quantitative estimate of drug-likeness (QED) is 0.711. The number of hydrogen-bond acceptors (Lipinski definition) is 5. The van der Waals surface area contributed by atoms with Crippen molar-refractivity contribution in [1.29, 1.82) is 0 Å². The first-order valence-corrected chi connectivity index (χ1v) is 4.73. The highest BCUT2D eigenvalue weighted by Crippen LogP contribution is 2.36. The largest absolute Gasteiger partial charge is 0.391 e. The van der Waals surface area contributed by atoms with Gasteiger partial charge in [-0.05, 0) is 18.8 Å². The predicted molar refractivity (Wildman–Crippen MR) is 45.6 cm³/mol. The Morgan fingerprint density at radius 1 is 1.67 bits per heavy atom. The van der Waals surface area contributed by atoms with Crippen molar-refractivity contribution >= 4 is 11.7 Å². The maximum Gasteiger partial charge on any atom is 0.0936 e. The zero-order chi connectivity index (χ0) is 8.55. The van der Waals surface area contributed by atoms with Gasteiger partial charge in [0.1, 0.15) is 0 Å². The second kappa shape index (κ2) is 3.08. The van der Waals surface area contributed by atoms with Crippen LogP contribution in [0.15, 0.2) is 6.20 Å². The summed E-state index contributed by atoms with van der Waals surface area (Å²) < 4.78 is 7.84. The van der Waals surface area contributed by atoms with Crippen LogP contribution in [0.2, 0.25) is 0 Å². The van der Waals surface area contributed by atoms with Crippen LogP contribution < -0.4 is 5.73 Å². The van der Waals surface area contributed by atoms with Gasteiger partial charge in [-0.1, -0.05) is 0 Å². The number of hydrogen-bond donors (Lipinski definition) is 2. The van der Waals surface area contributed by atoms with E-state index in [-0.39, 0.29) is 6.04 Å². The molecule has 2 atom stereocenters. The summed E-state index contributed by atoms with van der Waals surface area (Å²) >= 11 is 1.13. The number of aliphatic hydroxyl groups excluding tert-OH is 1. The van der Waals surface area contributed by atoms with E-state index in [1.54, 1.807) is 6.20 Å². The van der Waals surface area contributed by atoms with Crippen molar-refractivity contribution in [3.8, 4) is 0 Å². The molecule has 1 aromatic rings. The second-order valence-corrected chi connectivity index (χ2v) is 3.74. The van der Waals surface area contributed by atoms with Crippen LogP contribution in [0.5, 0.6) is 0 Å². The first-order chi connectivity index (χ1) is 5.79. The van der Waals surface area contributed by atoms with Gasteiger partial charge in [-0.15, -0.1) is 0 Å². The topological polar surface area (TPSA) is 72.0 Å². The zero-order valence-corrected chi connectivity index (χ0v) is 7.37. The van der Waals surface area contributed by atoms with Crippen LogP contribution in [-0.2, 0) is 0 Å². The van der Waals surface area contributed by atoms with E-state index in [9.17, 15) is 5.11 Å². The lowest BCUT2D eigenvalue weighted by atomic mass is 10.1. The van der Waals surface area contributed by atoms with E-state index >= 15 is 0 Å². The van der Waals surface area contributed by atoms with Gasteiger partial charge in [0.25, 0.3) is 0 Å². The molecule has 3 N–H and O–H groups in total. The highest BCUT2D eigenvalue weighted by Gasteiger charge is 2.35. The summed E-state index contributed by atoms with van der Waals surface area (Å²) in [6.45, 7) is 0. The lowest BCUT2D eigenvalue weighted by Gasteiger charge is -2.15. The maximum atomic E-state index is 9.64. The van der Waals surface area contributed by atoms with Crippen LogP contribution in [0.4, 0.5) is 0 Å². The van der Waals surface area contributed by atoms with Crippen molar-refractivity contribution in [2.45, 2.75) is 25.0 Å². The third-order valence-electron chi connectivity index (χ3n) is 2.19. The van der Waals surface area contributed by atoms with Crippen molar-refractivity contribution in [3.05, 3.63) is 11.9 Å². The maximum absolute atomic E-state index is 9.64. The van der Waals surface area contributed by atoms with Crippen molar-refractivity contribution in [1.82, 2.24) is 8.75 Å². The van der Waals surface area contributed by atoms with Crippen molar-refractivity contribution in [2.75, 3.05) is 0 Å². The van der Waals surface area contributed by atoms with Crippen molar-refractivity contribution in [2.24, 2.45) is 11.7 Å². The number of aliphatic hydroxyl groups is 1. The van der Waals surface area contributed by atoms with E-state index in [2.05, 4.69) is 8.75 Å². The number of nitrogens with two attached hydrogens (primary N) is 1. The molecule has 0 amide bonds. The van der Waals surface area contributed by atoms with E-state index < -0.39 is 6.10 Å². The molecular formula is C7H11N3OS. The Morgan fingerprint density at radius 3 is 2.92 bits per heavy atom. The normalized spacial score (nSPS) is 22.2. The van der Waals surface area contributed by atoms with E-state index in [0.29, 0.717) is 11.6 Å². The molecule has 2 unspecified atom stereocenters. The van der Waals surface area contributed by atoms with Crippen LogP contribution in [0, 0.1) is 5.92 Å². The molecule has 66 valence electrons. The fraction of sp³-hybridized carbons (Fsp3) is 0.714. The summed E-state index contributed by atoms with van der Waals surface area (Å²) in [5, 5.41) is 9.64. The molecule has 1 aliphatic rings. The lowest BCUT2D eigenvalue weighted by molar-refractivity contribution is 0.121. The Labute approximate surface area is 74.7 Å². The molecule has 1 fully saturated rings. The van der Waals surface area contributed by atoms with Crippen LogP contribution in [0.25, 0.3) is 0 Å². The van der Waals surface area contributed by atoms with Crippen molar-refractivity contribution in [3.63, 3.8) is 0 Å². The van der Waals surface area contributed by atoms with E-state index in [0.717, 1.165) is 24.6 Å². The van der Waals surface area contributed by atoms with Gasteiger partial charge in [-0.25, -0.2) is 0 Å². The molecule has 0 bridgehead atoms. The average Bonchev–Trinajstić information content (AvgIpc) is 2.79. The van der Waals surface area contributed by atoms with Gasteiger partial charge < -0.3 is 10.8 Å².